The molecule has 0 saturated carbocycles. The van der Waals surface area contributed by atoms with Crippen molar-refractivity contribution in [2.75, 3.05) is 0 Å². The quantitative estimate of drug-likeness (QED) is 0.903. The Balaban J connectivity index is 2.27. The molecule has 5 heteroatoms. The third-order valence-electron chi connectivity index (χ3n) is 2.65. The maximum atomic E-state index is 13.5. The minimum absolute atomic E-state index is 0.0609. The minimum atomic E-state index is -0.777. The minimum Gasteiger partial charge on any atom is -0.322 e. The average Bonchev–Trinajstić information content (AvgIpc) is 2.35. The van der Waals surface area contributed by atoms with Crippen LogP contribution >= 0.6 is 0 Å². The Morgan fingerprint density at radius 2 is 2.00 bits per heavy atom. The second-order valence-corrected chi connectivity index (χ2v) is 3.96. The Bertz CT molecular complexity index is 610. The highest BCUT2D eigenvalue weighted by atomic mass is 19.1. The second kappa shape index (κ2) is 5.10. The molecule has 0 bridgehead atoms. The molecule has 2 aromatic rings. The van der Waals surface area contributed by atoms with Crippen LogP contribution in [0.5, 0.6) is 0 Å². The predicted molar refractivity (Wildman–Crippen MR) is 64.0 cm³/mol. The molecule has 0 aliphatic heterocycles. The lowest BCUT2D eigenvalue weighted by Crippen LogP contribution is -2.26. The molecule has 1 unspecified atom stereocenters. The highest BCUT2D eigenvalue weighted by Gasteiger charge is 2.13. The third-order valence-corrected chi connectivity index (χ3v) is 2.65. The van der Waals surface area contributed by atoms with Crippen molar-refractivity contribution >= 4 is 0 Å². The van der Waals surface area contributed by atoms with E-state index in [9.17, 15) is 13.6 Å². The first-order chi connectivity index (χ1) is 8.58. The van der Waals surface area contributed by atoms with Gasteiger partial charge in [0, 0.05) is 24.4 Å². The van der Waals surface area contributed by atoms with Crippen molar-refractivity contribution in [3.63, 3.8) is 0 Å². The van der Waals surface area contributed by atoms with E-state index in [0.29, 0.717) is 0 Å². The largest absolute Gasteiger partial charge is 0.322 e. The van der Waals surface area contributed by atoms with Crippen LogP contribution in [0, 0.1) is 11.6 Å². The first-order valence-electron chi connectivity index (χ1n) is 5.44. The molecule has 94 valence electrons. The summed E-state index contributed by atoms with van der Waals surface area (Å²) >= 11 is 0. The standard InChI is InChI=1S/C13H12F2N2O/c14-9-4-5-11(15)10(7-9)12(16)8-17-6-2-1-3-13(17)18/h1-7,12H,8,16H2. The van der Waals surface area contributed by atoms with Crippen molar-refractivity contribution in [3.8, 4) is 0 Å². The monoisotopic (exact) mass is 250 g/mol. The van der Waals surface area contributed by atoms with Gasteiger partial charge in [-0.3, -0.25) is 4.79 Å². The van der Waals surface area contributed by atoms with Gasteiger partial charge in [-0.25, -0.2) is 8.78 Å². The summed E-state index contributed by atoms with van der Waals surface area (Å²) < 4.78 is 27.9. The molecular weight excluding hydrogens is 238 g/mol. The molecule has 1 heterocycles. The summed E-state index contributed by atoms with van der Waals surface area (Å²) in [6.07, 6.45) is 1.55. The molecule has 0 aliphatic carbocycles. The second-order valence-electron chi connectivity index (χ2n) is 3.96. The molecule has 18 heavy (non-hydrogen) atoms. The van der Waals surface area contributed by atoms with Gasteiger partial charge in [0.15, 0.2) is 0 Å². The van der Waals surface area contributed by atoms with Gasteiger partial charge in [-0.2, -0.15) is 0 Å². The number of halogens is 2. The SMILES string of the molecule is NC(Cn1ccccc1=O)c1cc(F)ccc1F. The van der Waals surface area contributed by atoms with Crippen molar-refractivity contribution in [3.05, 3.63) is 70.1 Å². The fourth-order valence-corrected chi connectivity index (χ4v) is 1.72. The van der Waals surface area contributed by atoms with Gasteiger partial charge in [0.1, 0.15) is 11.6 Å². The lowest BCUT2D eigenvalue weighted by atomic mass is 10.1. The molecule has 3 nitrogen and oxygen atoms in total. The van der Waals surface area contributed by atoms with Crippen LogP contribution in [0.4, 0.5) is 8.78 Å². The fraction of sp³-hybridized carbons (Fsp3) is 0.154. The van der Waals surface area contributed by atoms with Crippen LogP contribution < -0.4 is 11.3 Å². The number of hydrogen-bond donors (Lipinski definition) is 1. The third kappa shape index (κ3) is 2.62. The smallest absolute Gasteiger partial charge is 0.250 e. The molecule has 0 saturated heterocycles. The summed E-state index contributed by atoms with van der Waals surface area (Å²) in [7, 11) is 0. The van der Waals surface area contributed by atoms with Crippen LogP contribution in [0.15, 0.2) is 47.4 Å². The molecule has 0 amide bonds. The summed E-state index contributed by atoms with van der Waals surface area (Å²) in [5.41, 5.74) is 5.63. The van der Waals surface area contributed by atoms with Gasteiger partial charge in [0.05, 0.1) is 6.04 Å². The van der Waals surface area contributed by atoms with Crippen LogP contribution in [0.25, 0.3) is 0 Å². The Morgan fingerprint density at radius 1 is 1.22 bits per heavy atom. The molecule has 0 radical (unpaired) electrons. The number of aromatic nitrogens is 1. The molecule has 0 spiro atoms. The van der Waals surface area contributed by atoms with Gasteiger partial charge in [-0.05, 0) is 24.3 Å². The number of nitrogens with two attached hydrogens (primary N) is 1. The van der Waals surface area contributed by atoms with Crippen LogP contribution in [-0.2, 0) is 6.54 Å². The van der Waals surface area contributed by atoms with Gasteiger partial charge in [-0.1, -0.05) is 6.07 Å². The Morgan fingerprint density at radius 3 is 2.72 bits per heavy atom. The van der Waals surface area contributed by atoms with Gasteiger partial charge in [-0.15, -0.1) is 0 Å². The summed E-state index contributed by atoms with van der Waals surface area (Å²) in [4.78, 5) is 11.5. The van der Waals surface area contributed by atoms with E-state index >= 15 is 0 Å². The molecule has 1 atom stereocenters. The van der Waals surface area contributed by atoms with Gasteiger partial charge in [0.2, 0.25) is 0 Å². The van der Waals surface area contributed by atoms with Gasteiger partial charge < -0.3 is 10.3 Å². The zero-order valence-electron chi connectivity index (χ0n) is 9.51. The van der Waals surface area contributed by atoms with Crippen molar-refractivity contribution in [1.29, 1.82) is 0 Å². The normalized spacial score (nSPS) is 12.4. The van der Waals surface area contributed by atoms with E-state index in [0.717, 1.165) is 18.2 Å². The van der Waals surface area contributed by atoms with E-state index in [1.54, 1.807) is 18.3 Å². The average molecular weight is 250 g/mol. The predicted octanol–water partition coefficient (Wildman–Crippen LogP) is 1.83. The Kier molecular flexibility index (Phi) is 3.53. The number of nitrogens with zero attached hydrogens (tertiary/aromatic N) is 1. The van der Waals surface area contributed by atoms with E-state index in [-0.39, 0.29) is 17.7 Å². The topological polar surface area (TPSA) is 48.0 Å². The van der Waals surface area contributed by atoms with E-state index in [1.807, 2.05) is 0 Å². The molecule has 2 N–H and O–H groups in total. The Labute approximate surface area is 102 Å². The van der Waals surface area contributed by atoms with E-state index in [4.69, 9.17) is 5.73 Å². The zero-order chi connectivity index (χ0) is 13.1. The van der Waals surface area contributed by atoms with Crippen LogP contribution in [0.3, 0.4) is 0 Å². The van der Waals surface area contributed by atoms with Gasteiger partial charge >= 0.3 is 0 Å². The highest BCUT2D eigenvalue weighted by Crippen LogP contribution is 2.17. The van der Waals surface area contributed by atoms with Crippen LogP contribution in [0.2, 0.25) is 0 Å². The summed E-state index contributed by atoms with van der Waals surface area (Å²) in [5.74, 6) is -1.13. The molecule has 0 aliphatic rings. The lowest BCUT2D eigenvalue weighted by molar-refractivity contribution is 0.515. The number of pyridine rings is 1. The summed E-state index contributed by atoms with van der Waals surface area (Å²) in [6.45, 7) is 0.0973. The van der Waals surface area contributed by atoms with E-state index < -0.39 is 17.7 Å². The molecule has 1 aromatic carbocycles. The molecule has 1 aromatic heterocycles. The van der Waals surface area contributed by atoms with Crippen molar-refractivity contribution in [1.82, 2.24) is 4.57 Å². The summed E-state index contributed by atoms with van der Waals surface area (Å²) in [6, 6.07) is 6.99. The zero-order valence-corrected chi connectivity index (χ0v) is 9.51. The molecule has 2 rings (SSSR count). The maximum Gasteiger partial charge on any atom is 0.250 e. The number of benzene rings is 1. The van der Waals surface area contributed by atoms with Crippen molar-refractivity contribution in [2.24, 2.45) is 5.73 Å². The van der Waals surface area contributed by atoms with Crippen LogP contribution in [0.1, 0.15) is 11.6 Å². The number of rotatable bonds is 3. The first kappa shape index (κ1) is 12.4. The highest BCUT2D eigenvalue weighted by molar-refractivity contribution is 5.22. The molecule has 0 fully saturated rings. The first-order valence-corrected chi connectivity index (χ1v) is 5.44. The van der Waals surface area contributed by atoms with Gasteiger partial charge in [0.25, 0.3) is 5.56 Å². The fourth-order valence-electron chi connectivity index (χ4n) is 1.72. The molecular formula is C13H12F2N2O. The van der Waals surface area contributed by atoms with Crippen LogP contribution in [-0.4, -0.2) is 4.57 Å². The van der Waals surface area contributed by atoms with Crippen molar-refractivity contribution in [2.45, 2.75) is 12.6 Å². The van der Waals surface area contributed by atoms with E-state index in [2.05, 4.69) is 0 Å². The Hall–Kier alpha value is -2.01. The van der Waals surface area contributed by atoms with Crippen molar-refractivity contribution < 1.29 is 8.78 Å². The summed E-state index contributed by atoms with van der Waals surface area (Å²) in [5, 5.41) is 0. The maximum absolute atomic E-state index is 13.5. The number of hydrogen-bond acceptors (Lipinski definition) is 2. The lowest BCUT2D eigenvalue weighted by Gasteiger charge is -2.14. The van der Waals surface area contributed by atoms with E-state index in [1.165, 1.54) is 10.6 Å².